The maximum Gasteiger partial charge on any atom is 0.291 e. The molecule has 1 heterocycles. The van der Waals surface area contributed by atoms with Gasteiger partial charge in [0.1, 0.15) is 5.76 Å². The Labute approximate surface area is 156 Å². The van der Waals surface area contributed by atoms with Crippen molar-refractivity contribution >= 4 is 57.4 Å². The quantitative estimate of drug-likeness (QED) is 0.482. The van der Waals surface area contributed by atoms with E-state index in [1.807, 2.05) is 24.3 Å². The highest BCUT2D eigenvalue weighted by molar-refractivity contribution is 14.1. The van der Waals surface area contributed by atoms with Crippen molar-refractivity contribution in [1.29, 1.82) is 0 Å². The molecule has 0 saturated heterocycles. The molecule has 0 aliphatic carbocycles. The van der Waals surface area contributed by atoms with Gasteiger partial charge in [-0.05, 0) is 77.2 Å². The van der Waals surface area contributed by atoms with Gasteiger partial charge in [-0.15, -0.1) is 0 Å². The van der Waals surface area contributed by atoms with Crippen molar-refractivity contribution in [1.82, 2.24) is 0 Å². The molecule has 3 aromatic rings. The molecule has 0 aliphatic rings. The molecule has 2 aromatic carbocycles. The maximum atomic E-state index is 12.2. The van der Waals surface area contributed by atoms with Gasteiger partial charge in [0.25, 0.3) is 5.91 Å². The number of carbonyl (C=O) groups is 1. The van der Waals surface area contributed by atoms with Gasteiger partial charge in [-0.1, -0.05) is 23.2 Å². The monoisotopic (exact) mass is 457 g/mol. The minimum atomic E-state index is -0.324. The Morgan fingerprint density at radius 1 is 1.00 bits per heavy atom. The van der Waals surface area contributed by atoms with Crippen molar-refractivity contribution in [3.63, 3.8) is 0 Å². The zero-order chi connectivity index (χ0) is 16.4. The van der Waals surface area contributed by atoms with Crippen LogP contribution in [0.1, 0.15) is 10.6 Å². The van der Waals surface area contributed by atoms with E-state index in [1.54, 1.807) is 30.3 Å². The molecule has 0 spiro atoms. The molecule has 23 heavy (non-hydrogen) atoms. The fraction of sp³-hybridized carbons (Fsp3) is 0. The number of amides is 1. The van der Waals surface area contributed by atoms with E-state index in [0.29, 0.717) is 27.1 Å². The zero-order valence-electron chi connectivity index (χ0n) is 11.6. The zero-order valence-corrected chi connectivity index (χ0v) is 15.3. The van der Waals surface area contributed by atoms with Crippen LogP contribution in [0.5, 0.6) is 0 Å². The fourth-order valence-corrected chi connectivity index (χ4v) is 2.76. The number of rotatable bonds is 3. The van der Waals surface area contributed by atoms with E-state index in [9.17, 15) is 4.79 Å². The molecule has 116 valence electrons. The number of hydrogen-bond acceptors (Lipinski definition) is 2. The lowest BCUT2D eigenvalue weighted by molar-refractivity contribution is 0.0997. The molecule has 0 atom stereocenters. The van der Waals surface area contributed by atoms with Crippen LogP contribution >= 0.6 is 45.8 Å². The molecule has 1 aromatic heterocycles. The van der Waals surface area contributed by atoms with Crippen LogP contribution in [0.3, 0.4) is 0 Å². The molecule has 1 N–H and O–H groups in total. The van der Waals surface area contributed by atoms with Gasteiger partial charge in [0.05, 0.1) is 5.02 Å². The van der Waals surface area contributed by atoms with Crippen LogP contribution in [0.4, 0.5) is 5.69 Å². The summed E-state index contributed by atoms with van der Waals surface area (Å²) < 4.78 is 6.70. The van der Waals surface area contributed by atoms with Crippen molar-refractivity contribution in [3.8, 4) is 11.3 Å². The van der Waals surface area contributed by atoms with Gasteiger partial charge >= 0.3 is 0 Å². The molecule has 0 saturated carbocycles. The van der Waals surface area contributed by atoms with E-state index in [1.165, 1.54) is 0 Å². The summed E-state index contributed by atoms with van der Waals surface area (Å²) in [4.78, 5) is 12.2. The van der Waals surface area contributed by atoms with Crippen LogP contribution in [0.2, 0.25) is 10.0 Å². The van der Waals surface area contributed by atoms with Crippen molar-refractivity contribution in [2.24, 2.45) is 0 Å². The molecule has 0 fully saturated rings. The number of halogens is 3. The van der Waals surface area contributed by atoms with Gasteiger partial charge in [-0.25, -0.2) is 0 Å². The molecule has 3 nitrogen and oxygen atoms in total. The Morgan fingerprint density at radius 3 is 2.48 bits per heavy atom. The first kappa shape index (κ1) is 16.4. The standard InChI is InChI=1S/C17H10Cl2INO2/c18-10-1-6-14(19)13(9-10)15-7-8-16(23-15)17(22)21-12-4-2-11(20)3-5-12/h1-9H,(H,21,22). The molecule has 0 bridgehead atoms. The van der Waals surface area contributed by atoms with Gasteiger partial charge in [0.15, 0.2) is 5.76 Å². The van der Waals surface area contributed by atoms with E-state index in [-0.39, 0.29) is 11.7 Å². The first-order valence-corrected chi connectivity index (χ1v) is 8.48. The third-order valence-corrected chi connectivity index (χ3v) is 4.41. The third-order valence-electron chi connectivity index (χ3n) is 3.13. The summed E-state index contributed by atoms with van der Waals surface area (Å²) >= 11 is 14.3. The molecular formula is C17H10Cl2INO2. The van der Waals surface area contributed by atoms with E-state index >= 15 is 0 Å². The predicted molar refractivity (Wildman–Crippen MR) is 101 cm³/mol. The number of nitrogens with one attached hydrogen (secondary N) is 1. The first-order chi connectivity index (χ1) is 11.0. The summed E-state index contributed by atoms with van der Waals surface area (Å²) in [7, 11) is 0. The number of benzene rings is 2. The summed E-state index contributed by atoms with van der Waals surface area (Å²) in [6.45, 7) is 0. The molecule has 1 amide bonds. The lowest BCUT2D eigenvalue weighted by Gasteiger charge is -2.04. The topological polar surface area (TPSA) is 42.2 Å². The highest BCUT2D eigenvalue weighted by Gasteiger charge is 2.14. The first-order valence-electron chi connectivity index (χ1n) is 6.65. The number of furan rings is 1. The summed E-state index contributed by atoms with van der Waals surface area (Å²) in [5, 5.41) is 3.84. The van der Waals surface area contributed by atoms with Crippen molar-refractivity contribution < 1.29 is 9.21 Å². The fourth-order valence-electron chi connectivity index (χ4n) is 2.02. The van der Waals surface area contributed by atoms with Crippen molar-refractivity contribution in [3.05, 3.63) is 74.0 Å². The van der Waals surface area contributed by atoms with E-state index < -0.39 is 0 Å². The van der Waals surface area contributed by atoms with Gasteiger partial charge in [-0.2, -0.15) is 0 Å². The average Bonchev–Trinajstić information content (AvgIpc) is 3.02. The minimum absolute atomic E-state index is 0.203. The molecule has 3 rings (SSSR count). The summed E-state index contributed by atoms with van der Waals surface area (Å²) in [5.74, 6) is 0.371. The molecule has 0 aliphatic heterocycles. The molecule has 0 unspecified atom stereocenters. The van der Waals surface area contributed by atoms with Gasteiger partial charge in [-0.3, -0.25) is 4.79 Å². The van der Waals surface area contributed by atoms with Gasteiger partial charge in [0.2, 0.25) is 0 Å². The van der Waals surface area contributed by atoms with Crippen LogP contribution in [-0.4, -0.2) is 5.91 Å². The Kier molecular flexibility index (Phi) is 4.94. The lowest BCUT2D eigenvalue weighted by atomic mass is 10.2. The molecule has 6 heteroatoms. The summed E-state index contributed by atoms with van der Waals surface area (Å²) in [6.07, 6.45) is 0. The Bertz CT molecular complexity index is 859. The second-order valence-electron chi connectivity index (χ2n) is 4.75. The third kappa shape index (κ3) is 3.88. The van der Waals surface area contributed by atoms with Crippen molar-refractivity contribution in [2.45, 2.75) is 0 Å². The number of hydrogen-bond donors (Lipinski definition) is 1. The Morgan fingerprint density at radius 2 is 1.74 bits per heavy atom. The van der Waals surface area contributed by atoms with Crippen LogP contribution < -0.4 is 5.32 Å². The average molecular weight is 458 g/mol. The highest BCUT2D eigenvalue weighted by Crippen LogP contribution is 2.32. The Hall–Kier alpha value is -1.50. The highest BCUT2D eigenvalue weighted by atomic mass is 127. The molecular weight excluding hydrogens is 448 g/mol. The Balaban J connectivity index is 1.82. The van der Waals surface area contributed by atoms with Gasteiger partial charge in [0, 0.05) is 19.8 Å². The number of anilines is 1. The normalized spacial score (nSPS) is 10.6. The predicted octanol–water partition coefficient (Wildman–Crippen LogP) is 6.11. The maximum absolute atomic E-state index is 12.2. The minimum Gasteiger partial charge on any atom is -0.451 e. The second-order valence-corrected chi connectivity index (χ2v) is 6.84. The SMILES string of the molecule is O=C(Nc1ccc(I)cc1)c1ccc(-c2cc(Cl)ccc2Cl)o1. The lowest BCUT2D eigenvalue weighted by Crippen LogP contribution is -2.10. The second kappa shape index (κ2) is 6.95. The van der Waals surface area contributed by atoms with E-state index in [4.69, 9.17) is 27.6 Å². The van der Waals surface area contributed by atoms with Gasteiger partial charge < -0.3 is 9.73 Å². The summed E-state index contributed by atoms with van der Waals surface area (Å²) in [6, 6.07) is 15.9. The van der Waals surface area contributed by atoms with E-state index in [0.717, 1.165) is 3.57 Å². The van der Waals surface area contributed by atoms with Crippen LogP contribution in [0.15, 0.2) is 59.0 Å². The molecule has 0 radical (unpaired) electrons. The smallest absolute Gasteiger partial charge is 0.291 e. The number of carbonyl (C=O) groups excluding carboxylic acids is 1. The van der Waals surface area contributed by atoms with Crippen LogP contribution in [0, 0.1) is 3.57 Å². The van der Waals surface area contributed by atoms with E-state index in [2.05, 4.69) is 27.9 Å². The van der Waals surface area contributed by atoms with Crippen LogP contribution in [-0.2, 0) is 0 Å². The van der Waals surface area contributed by atoms with Crippen molar-refractivity contribution in [2.75, 3.05) is 5.32 Å². The summed E-state index contributed by atoms with van der Waals surface area (Å²) in [5.41, 5.74) is 1.35. The largest absolute Gasteiger partial charge is 0.451 e. The van der Waals surface area contributed by atoms with Crippen LogP contribution in [0.25, 0.3) is 11.3 Å².